The van der Waals surface area contributed by atoms with Crippen LogP contribution in [0, 0.1) is 6.92 Å². The van der Waals surface area contributed by atoms with Crippen LogP contribution >= 0.6 is 0 Å². The zero-order valence-corrected chi connectivity index (χ0v) is 16.0. The van der Waals surface area contributed by atoms with Gasteiger partial charge in [-0.3, -0.25) is 9.59 Å². The molecule has 0 saturated carbocycles. The van der Waals surface area contributed by atoms with Gasteiger partial charge in [0, 0.05) is 13.1 Å². The van der Waals surface area contributed by atoms with Crippen LogP contribution in [0.5, 0.6) is 0 Å². The van der Waals surface area contributed by atoms with Crippen molar-refractivity contribution in [2.45, 2.75) is 31.1 Å². The molecule has 1 saturated heterocycles. The van der Waals surface area contributed by atoms with Crippen molar-refractivity contribution >= 4 is 26.7 Å². The van der Waals surface area contributed by atoms with Crippen LogP contribution in [0.25, 0.3) is 0 Å². The van der Waals surface area contributed by atoms with Crippen molar-refractivity contribution in [2.75, 3.05) is 18.4 Å². The van der Waals surface area contributed by atoms with Crippen molar-refractivity contribution < 1.29 is 18.0 Å². The van der Waals surface area contributed by atoms with Gasteiger partial charge in [0.15, 0.2) is 0 Å². The summed E-state index contributed by atoms with van der Waals surface area (Å²) in [6.07, 6.45) is 2.99. The molecule has 1 heterocycles. The highest BCUT2D eigenvalue weighted by Crippen LogP contribution is 2.22. The fraction of sp³-hybridized carbons (Fsp3) is 0.300. The zero-order valence-electron chi connectivity index (χ0n) is 15.1. The Morgan fingerprint density at radius 1 is 0.926 bits per heavy atom. The first kappa shape index (κ1) is 19.1. The number of anilines is 1. The Bertz CT molecular complexity index is 946. The van der Waals surface area contributed by atoms with Crippen molar-refractivity contribution in [1.82, 2.24) is 4.90 Å². The van der Waals surface area contributed by atoms with E-state index >= 15 is 0 Å². The molecule has 7 heteroatoms. The van der Waals surface area contributed by atoms with Crippen molar-refractivity contribution in [2.24, 2.45) is 0 Å². The van der Waals surface area contributed by atoms with Crippen molar-refractivity contribution in [3.05, 3.63) is 59.7 Å². The fourth-order valence-electron chi connectivity index (χ4n) is 3.05. The zero-order chi connectivity index (χ0) is 19.4. The summed E-state index contributed by atoms with van der Waals surface area (Å²) in [7, 11) is -4.20. The second-order valence-electron chi connectivity index (χ2n) is 6.63. The van der Waals surface area contributed by atoms with Crippen LogP contribution < -0.4 is 5.32 Å². The van der Waals surface area contributed by atoms with E-state index in [9.17, 15) is 18.0 Å². The van der Waals surface area contributed by atoms with Gasteiger partial charge in [0.25, 0.3) is 15.7 Å². The summed E-state index contributed by atoms with van der Waals surface area (Å²) in [6, 6.07) is 12.6. The van der Waals surface area contributed by atoms with E-state index in [-0.39, 0.29) is 16.5 Å². The minimum Gasteiger partial charge on any atom is -0.339 e. The molecule has 142 valence electrons. The molecule has 6 nitrogen and oxygen atoms in total. The third kappa shape index (κ3) is 4.19. The molecule has 3 rings (SSSR count). The van der Waals surface area contributed by atoms with Gasteiger partial charge in [-0.05, 0) is 50.5 Å². The number of nitrogens with zero attached hydrogens (tertiary/aromatic N) is 1. The van der Waals surface area contributed by atoms with Crippen LogP contribution in [0.15, 0.2) is 53.4 Å². The predicted molar refractivity (Wildman–Crippen MR) is 104 cm³/mol. The van der Waals surface area contributed by atoms with E-state index in [0.717, 1.165) is 24.8 Å². The lowest BCUT2D eigenvalue weighted by atomic mass is 10.1. The number of aryl methyl sites for hydroxylation is 1. The summed E-state index contributed by atoms with van der Waals surface area (Å²) in [5, 5.41) is 1.26. The average molecular weight is 386 g/mol. The largest absolute Gasteiger partial charge is 0.345 e. The first-order valence-electron chi connectivity index (χ1n) is 8.90. The molecule has 0 aliphatic carbocycles. The molecule has 2 aromatic rings. The second kappa shape index (κ2) is 7.92. The Balaban J connectivity index is 1.84. The number of hydrogen-bond acceptors (Lipinski definition) is 4. The molecule has 1 aliphatic heterocycles. The van der Waals surface area contributed by atoms with Gasteiger partial charge in [0.2, 0.25) is 0 Å². The molecule has 0 aromatic heterocycles. The summed E-state index contributed by atoms with van der Waals surface area (Å²) in [5.41, 5.74) is 1.40. The van der Waals surface area contributed by atoms with Crippen LogP contribution in [0.3, 0.4) is 0 Å². The number of hydrogen-bond donors (Lipinski definition) is 1. The molecule has 0 atom stereocenters. The highest BCUT2D eigenvalue weighted by atomic mass is 32.2. The molecule has 1 N–H and O–H groups in total. The summed E-state index contributed by atoms with van der Waals surface area (Å²) >= 11 is 0. The van der Waals surface area contributed by atoms with Crippen LogP contribution in [0.2, 0.25) is 0 Å². The van der Waals surface area contributed by atoms with Crippen LogP contribution in [-0.4, -0.2) is 37.6 Å². The van der Waals surface area contributed by atoms with Gasteiger partial charge < -0.3 is 10.2 Å². The number of para-hydroxylation sites is 1. The molecule has 1 fully saturated rings. The topological polar surface area (TPSA) is 83.5 Å². The first-order chi connectivity index (χ1) is 12.9. The van der Waals surface area contributed by atoms with Gasteiger partial charge in [-0.2, -0.15) is 0 Å². The smallest absolute Gasteiger partial charge is 0.339 e. The predicted octanol–water partition coefficient (Wildman–Crippen LogP) is 3.63. The normalized spacial score (nSPS) is 14.6. The van der Waals surface area contributed by atoms with Crippen LogP contribution in [-0.2, 0) is 9.84 Å². The first-order valence-corrected chi connectivity index (χ1v) is 10.4. The molecule has 2 aromatic carbocycles. The number of benzene rings is 2. The number of piperidine rings is 1. The molecule has 27 heavy (non-hydrogen) atoms. The number of carbonyl (C=O) groups is 2. The molecule has 0 radical (unpaired) electrons. The Morgan fingerprint density at radius 3 is 2.22 bits per heavy atom. The highest BCUT2D eigenvalue weighted by molar-refractivity contribution is 8.06. The Morgan fingerprint density at radius 2 is 1.56 bits per heavy atom. The van der Waals surface area contributed by atoms with Gasteiger partial charge in [0.1, 0.15) is 0 Å². The molecule has 1 aliphatic rings. The molecule has 0 spiro atoms. The lowest BCUT2D eigenvalue weighted by molar-refractivity contribution is 0.0725. The Labute approximate surface area is 159 Å². The Kier molecular flexibility index (Phi) is 5.60. The third-order valence-electron chi connectivity index (χ3n) is 4.61. The lowest BCUT2D eigenvalue weighted by Gasteiger charge is -2.27. The monoisotopic (exact) mass is 386 g/mol. The summed E-state index contributed by atoms with van der Waals surface area (Å²) in [6.45, 7) is 3.17. The minimum atomic E-state index is -4.20. The molecule has 2 amide bonds. The van der Waals surface area contributed by atoms with E-state index in [4.69, 9.17) is 0 Å². The van der Waals surface area contributed by atoms with Crippen LogP contribution in [0.4, 0.5) is 10.5 Å². The third-order valence-corrected chi connectivity index (χ3v) is 6.10. The standard InChI is InChI=1S/C20H22N2O4S/c1-15-9-11-16(12-10-15)27(25,26)20(24)21-18-8-4-3-7-17(18)19(23)22-13-5-2-6-14-22/h3-4,7-12H,2,5-6,13-14H2,1H3,(H,21,24). The van der Waals surface area contributed by atoms with Gasteiger partial charge in [-0.1, -0.05) is 29.8 Å². The fourth-order valence-corrected chi connectivity index (χ4v) is 4.00. The number of sulfone groups is 1. The Hall–Kier alpha value is -2.67. The average Bonchev–Trinajstić information content (AvgIpc) is 2.69. The molecular weight excluding hydrogens is 364 g/mol. The van der Waals surface area contributed by atoms with Crippen LogP contribution in [0.1, 0.15) is 35.2 Å². The second-order valence-corrected chi connectivity index (χ2v) is 8.48. The highest BCUT2D eigenvalue weighted by Gasteiger charge is 2.27. The quantitative estimate of drug-likeness (QED) is 0.873. The maximum atomic E-state index is 12.8. The number of rotatable bonds is 3. The maximum absolute atomic E-state index is 12.8. The van der Waals surface area contributed by atoms with E-state index in [1.54, 1.807) is 41.3 Å². The van der Waals surface area contributed by atoms with Gasteiger partial charge in [-0.25, -0.2) is 8.42 Å². The van der Waals surface area contributed by atoms with Gasteiger partial charge in [-0.15, -0.1) is 0 Å². The molecule has 0 bridgehead atoms. The summed E-state index contributed by atoms with van der Waals surface area (Å²) in [4.78, 5) is 26.9. The molecule has 0 unspecified atom stereocenters. The van der Waals surface area contributed by atoms with Crippen molar-refractivity contribution in [3.8, 4) is 0 Å². The lowest BCUT2D eigenvalue weighted by Crippen LogP contribution is -2.36. The van der Waals surface area contributed by atoms with Crippen molar-refractivity contribution in [1.29, 1.82) is 0 Å². The minimum absolute atomic E-state index is 0.0783. The number of carbonyl (C=O) groups excluding carboxylic acids is 2. The van der Waals surface area contributed by atoms with E-state index < -0.39 is 15.1 Å². The van der Waals surface area contributed by atoms with E-state index in [0.29, 0.717) is 18.7 Å². The van der Waals surface area contributed by atoms with Crippen molar-refractivity contribution in [3.63, 3.8) is 0 Å². The maximum Gasteiger partial charge on any atom is 0.345 e. The summed E-state index contributed by atoms with van der Waals surface area (Å²) < 4.78 is 25.0. The summed E-state index contributed by atoms with van der Waals surface area (Å²) in [5.74, 6) is -0.196. The van der Waals surface area contributed by atoms with Gasteiger partial charge in [0.05, 0.1) is 16.1 Å². The van der Waals surface area contributed by atoms with E-state index in [1.165, 1.54) is 12.1 Å². The molecular formula is C20H22N2O4S. The SMILES string of the molecule is Cc1ccc(S(=O)(=O)C(=O)Nc2ccccc2C(=O)N2CCCCC2)cc1. The van der Waals surface area contributed by atoms with E-state index in [1.807, 2.05) is 6.92 Å². The number of likely N-dealkylation sites (tertiary alicyclic amines) is 1. The number of nitrogens with one attached hydrogen (secondary N) is 1. The number of amides is 2. The van der Waals surface area contributed by atoms with E-state index in [2.05, 4.69) is 5.32 Å². The van der Waals surface area contributed by atoms with Gasteiger partial charge >= 0.3 is 5.24 Å².